The van der Waals surface area contributed by atoms with Gasteiger partial charge in [-0.25, -0.2) is 0 Å². The number of rotatable bonds is 7. The molecule has 1 fully saturated rings. The van der Waals surface area contributed by atoms with Crippen LogP contribution >= 0.6 is 50.9 Å². The SMILES string of the molecule is O=C(Cn1cc(/C=C2\SC(=O)N(Cc3ccc(Cl)cc3Cl)C2=O)c2cc(Br)ccc21)NCc1ccco1. The maximum Gasteiger partial charge on any atom is 0.293 e. The van der Waals surface area contributed by atoms with E-state index in [9.17, 15) is 14.4 Å². The third-order valence-electron chi connectivity index (χ3n) is 5.73. The Labute approximate surface area is 234 Å². The summed E-state index contributed by atoms with van der Waals surface area (Å²) in [6, 6.07) is 14.2. The normalized spacial score (nSPS) is 14.8. The number of carbonyl (C=O) groups excluding carboxylic acids is 3. The first kappa shape index (κ1) is 25.7. The molecule has 0 radical (unpaired) electrons. The summed E-state index contributed by atoms with van der Waals surface area (Å²) in [6.45, 7) is 0.401. The van der Waals surface area contributed by atoms with Gasteiger partial charge in [-0.2, -0.15) is 0 Å². The maximum atomic E-state index is 13.1. The van der Waals surface area contributed by atoms with Crippen LogP contribution in [-0.4, -0.2) is 26.5 Å². The molecule has 0 spiro atoms. The van der Waals surface area contributed by atoms with Gasteiger partial charge in [0.2, 0.25) is 5.91 Å². The number of thioether (sulfide) groups is 1. The molecule has 4 aromatic rings. The maximum absolute atomic E-state index is 13.1. The van der Waals surface area contributed by atoms with Gasteiger partial charge in [-0.1, -0.05) is 45.2 Å². The van der Waals surface area contributed by atoms with Crippen molar-refractivity contribution < 1.29 is 18.8 Å². The number of nitrogens with one attached hydrogen (secondary N) is 1. The molecule has 0 saturated carbocycles. The monoisotopic (exact) mass is 617 g/mol. The average molecular weight is 619 g/mol. The fourth-order valence-electron chi connectivity index (χ4n) is 3.95. The van der Waals surface area contributed by atoms with Crippen LogP contribution in [0.2, 0.25) is 10.0 Å². The standard InChI is InChI=1S/C26H18BrCl2N3O4S/c27-17-4-6-22-20(9-17)16(12-31(22)14-24(33)30-11-19-2-1-7-36-19)8-23-25(34)32(26(35)37-23)13-15-3-5-18(28)10-21(15)29/h1-10,12H,11,13-14H2,(H,30,33)/b23-8-. The van der Waals surface area contributed by atoms with Crippen molar-refractivity contribution in [3.05, 3.63) is 97.3 Å². The van der Waals surface area contributed by atoms with E-state index in [0.29, 0.717) is 26.9 Å². The number of hydrogen-bond acceptors (Lipinski definition) is 5. The van der Waals surface area contributed by atoms with Gasteiger partial charge >= 0.3 is 0 Å². The van der Waals surface area contributed by atoms with E-state index in [2.05, 4.69) is 21.2 Å². The highest BCUT2D eigenvalue weighted by Gasteiger charge is 2.35. The highest BCUT2D eigenvalue weighted by Crippen LogP contribution is 2.36. The van der Waals surface area contributed by atoms with E-state index < -0.39 is 5.91 Å². The Morgan fingerprint density at radius 3 is 2.73 bits per heavy atom. The molecule has 7 nitrogen and oxygen atoms in total. The average Bonchev–Trinajstić information content (AvgIpc) is 3.55. The number of imide groups is 1. The highest BCUT2D eigenvalue weighted by atomic mass is 79.9. The quantitative estimate of drug-likeness (QED) is 0.229. The molecular formula is C26H18BrCl2N3O4S. The van der Waals surface area contributed by atoms with Gasteiger partial charge in [0.1, 0.15) is 12.3 Å². The third kappa shape index (κ3) is 5.65. The summed E-state index contributed by atoms with van der Waals surface area (Å²) in [5.74, 6) is 0.0574. The molecule has 37 heavy (non-hydrogen) atoms. The minimum absolute atomic E-state index is 0.0428. The second-order valence-electron chi connectivity index (χ2n) is 8.23. The van der Waals surface area contributed by atoms with Crippen molar-refractivity contribution in [3.63, 3.8) is 0 Å². The van der Waals surface area contributed by atoms with Gasteiger partial charge in [0.25, 0.3) is 11.1 Å². The zero-order valence-electron chi connectivity index (χ0n) is 19.0. The Kier molecular flexibility index (Phi) is 7.48. The van der Waals surface area contributed by atoms with Crippen LogP contribution < -0.4 is 5.32 Å². The number of hydrogen-bond donors (Lipinski definition) is 1. The van der Waals surface area contributed by atoms with Crippen LogP contribution in [0.15, 0.2) is 74.8 Å². The Balaban J connectivity index is 1.40. The van der Waals surface area contributed by atoms with E-state index in [1.165, 1.54) is 0 Å². The second-order valence-corrected chi connectivity index (χ2v) is 11.0. The minimum atomic E-state index is -0.409. The van der Waals surface area contributed by atoms with Gasteiger partial charge in [0, 0.05) is 37.2 Å². The lowest BCUT2D eigenvalue weighted by Crippen LogP contribution is -2.27. The van der Waals surface area contributed by atoms with Gasteiger partial charge in [-0.3, -0.25) is 19.3 Å². The van der Waals surface area contributed by atoms with Crippen LogP contribution in [0.5, 0.6) is 0 Å². The minimum Gasteiger partial charge on any atom is -0.467 e. The molecule has 0 unspecified atom stereocenters. The summed E-state index contributed by atoms with van der Waals surface area (Å²) in [5, 5.41) is 4.14. The fraction of sp³-hybridized carbons (Fsp3) is 0.115. The van der Waals surface area contributed by atoms with Crippen LogP contribution in [0.4, 0.5) is 4.79 Å². The first-order valence-electron chi connectivity index (χ1n) is 11.1. The van der Waals surface area contributed by atoms with Gasteiger partial charge in [-0.05, 0) is 65.9 Å². The number of furan rings is 1. The van der Waals surface area contributed by atoms with Crippen molar-refractivity contribution in [3.8, 4) is 0 Å². The zero-order valence-corrected chi connectivity index (χ0v) is 23.0. The number of aromatic nitrogens is 1. The first-order chi connectivity index (χ1) is 17.8. The molecule has 0 aliphatic carbocycles. The number of carbonyl (C=O) groups is 3. The smallest absolute Gasteiger partial charge is 0.293 e. The Hall–Kier alpha value is -2.98. The summed E-state index contributed by atoms with van der Waals surface area (Å²) >= 11 is 16.6. The number of fused-ring (bicyclic) bond motifs is 1. The molecule has 1 saturated heterocycles. The Bertz CT molecular complexity index is 1570. The van der Waals surface area contributed by atoms with Gasteiger partial charge in [-0.15, -0.1) is 0 Å². The lowest BCUT2D eigenvalue weighted by atomic mass is 10.1. The molecule has 1 N–H and O–H groups in total. The van der Waals surface area contributed by atoms with E-state index >= 15 is 0 Å². The fourth-order valence-corrected chi connectivity index (χ4v) is 5.61. The molecular weight excluding hydrogens is 601 g/mol. The predicted molar refractivity (Wildman–Crippen MR) is 148 cm³/mol. The zero-order chi connectivity index (χ0) is 26.1. The molecule has 188 valence electrons. The predicted octanol–water partition coefficient (Wildman–Crippen LogP) is 6.86. The molecule has 2 aromatic carbocycles. The molecule has 1 aliphatic rings. The summed E-state index contributed by atoms with van der Waals surface area (Å²) in [6.07, 6.45) is 5.03. The van der Waals surface area contributed by atoms with Crippen LogP contribution in [0, 0.1) is 0 Å². The van der Waals surface area contributed by atoms with Crippen molar-refractivity contribution in [2.24, 2.45) is 0 Å². The van der Waals surface area contributed by atoms with Crippen LogP contribution in [0.3, 0.4) is 0 Å². The summed E-state index contributed by atoms with van der Waals surface area (Å²) in [5.41, 5.74) is 2.15. The lowest BCUT2D eigenvalue weighted by molar-refractivity contribution is -0.123. The number of benzene rings is 2. The second kappa shape index (κ2) is 10.8. The van der Waals surface area contributed by atoms with Gasteiger partial charge in [0.15, 0.2) is 0 Å². The number of amides is 3. The van der Waals surface area contributed by atoms with Crippen LogP contribution in [0.25, 0.3) is 17.0 Å². The van der Waals surface area contributed by atoms with Crippen molar-refractivity contribution in [2.45, 2.75) is 19.6 Å². The van der Waals surface area contributed by atoms with Crippen LogP contribution in [-0.2, 0) is 29.2 Å². The number of nitrogens with zero attached hydrogens (tertiary/aromatic N) is 2. The molecule has 0 bridgehead atoms. The Morgan fingerprint density at radius 1 is 1.14 bits per heavy atom. The third-order valence-corrected chi connectivity index (χ3v) is 7.72. The molecule has 1 aliphatic heterocycles. The summed E-state index contributed by atoms with van der Waals surface area (Å²) < 4.78 is 7.91. The van der Waals surface area contributed by atoms with E-state index in [1.807, 2.05) is 22.8 Å². The van der Waals surface area contributed by atoms with Crippen LogP contribution in [0.1, 0.15) is 16.9 Å². The van der Waals surface area contributed by atoms with E-state index in [-0.39, 0.29) is 35.7 Å². The molecule has 0 atom stereocenters. The topological polar surface area (TPSA) is 84.5 Å². The number of halogens is 3. The van der Waals surface area contributed by atoms with Gasteiger partial charge < -0.3 is 14.3 Å². The van der Waals surface area contributed by atoms with Crippen molar-refractivity contribution in [1.82, 2.24) is 14.8 Å². The van der Waals surface area contributed by atoms with Crippen molar-refractivity contribution in [1.29, 1.82) is 0 Å². The largest absolute Gasteiger partial charge is 0.467 e. The summed E-state index contributed by atoms with van der Waals surface area (Å²) in [4.78, 5) is 39.9. The van der Waals surface area contributed by atoms with Gasteiger partial charge in [0.05, 0.1) is 24.3 Å². The molecule has 3 heterocycles. The molecule has 2 aromatic heterocycles. The van der Waals surface area contributed by atoms with E-state index in [1.54, 1.807) is 48.9 Å². The highest BCUT2D eigenvalue weighted by molar-refractivity contribution is 9.10. The first-order valence-corrected chi connectivity index (χ1v) is 13.4. The summed E-state index contributed by atoms with van der Waals surface area (Å²) in [7, 11) is 0. The Morgan fingerprint density at radius 2 is 1.97 bits per heavy atom. The molecule has 11 heteroatoms. The van der Waals surface area contributed by atoms with Crippen molar-refractivity contribution >= 4 is 84.9 Å². The van der Waals surface area contributed by atoms with E-state index in [0.717, 1.165) is 32.0 Å². The van der Waals surface area contributed by atoms with Crippen molar-refractivity contribution in [2.75, 3.05) is 0 Å². The lowest BCUT2D eigenvalue weighted by Gasteiger charge is -2.13. The molecule has 5 rings (SSSR count). The van der Waals surface area contributed by atoms with E-state index in [4.69, 9.17) is 27.6 Å². The molecule has 3 amide bonds.